The van der Waals surface area contributed by atoms with Gasteiger partial charge in [0.15, 0.2) is 10.8 Å². The molecule has 0 spiro atoms. The third-order valence-corrected chi connectivity index (χ3v) is 4.87. The van der Waals surface area contributed by atoms with Crippen molar-refractivity contribution >= 4 is 34.7 Å². The van der Waals surface area contributed by atoms with E-state index in [-0.39, 0.29) is 12.3 Å². The first-order valence-electron chi connectivity index (χ1n) is 9.62. The zero-order valence-corrected chi connectivity index (χ0v) is 18.9. The first-order chi connectivity index (χ1) is 14.6. The fraction of sp³-hybridized carbons (Fsp3) is 0.318. The van der Waals surface area contributed by atoms with Crippen LogP contribution in [0.2, 0.25) is 0 Å². The predicted octanol–water partition coefficient (Wildman–Crippen LogP) is 5.25. The van der Waals surface area contributed by atoms with Crippen LogP contribution in [0.3, 0.4) is 0 Å². The maximum atomic E-state index is 12.5. The number of nitrogens with one attached hydrogen (secondary N) is 2. The second-order valence-corrected chi connectivity index (χ2v) is 8.68. The fourth-order valence-electron chi connectivity index (χ4n) is 2.72. The lowest BCUT2D eigenvalue weighted by atomic mass is 10.2. The summed E-state index contributed by atoms with van der Waals surface area (Å²) in [4.78, 5) is 29.1. The molecule has 0 unspecified atom stereocenters. The van der Waals surface area contributed by atoms with E-state index in [0.29, 0.717) is 28.6 Å². The maximum absolute atomic E-state index is 12.5. The number of amides is 2. The summed E-state index contributed by atoms with van der Waals surface area (Å²) in [5.74, 6) is 1.70. The molecule has 0 fully saturated rings. The molecule has 0 saturated carbocycles. The second-order valence-electron chi connectivity index (χ2n) is 7.82. The molecule has 9 heteroatoms. The number of aryl methyl sites for hydroxylation is 1. The summed E-state index contributed by atoms with van der Waals surface area (Å²) >= 11 is 1.42. The van der Waals surface area contributed by atoms with Crippen molar-refractivity contribution in [1.29, 1.82) is 0 Å². The highest BCUT2D eigenvalue weighted by atomic mass is 32.1. The van der Waals surface area contributed by atoms with Crippen LogP contribution in [0, 0.1) is 6.92 Å². The molecule has 2 aromatic heterocycles. The number of thiazole rings is 1. The maximum Gasteiger partial charge on any atom is 0.412 e. The lowest BCUT2D eigenvalue weighted by Crippen LogP contribution is -2.27. The molecule has 0 radical (unpaired) electrons. The van der Waals surface area contributed by atoms with Gasteiger partial charge in [-0.2, -0.15) is 0 Å². The number of carbonyl (C=O) groups excluding carboxylic acids is 2. The van der Waals surface area contributed by atoms with Crippen LogP contribution < -0.4 is 15.4 Å². The van der Waals surface area contributed by atoms with Gasteiger partial charge in [-0.15, -0.1) is 11.3 Å². The molecule has 2 heterocycles. The van der Waals surface area contributed by atoms with Crippen molar-refractivity contribution in [3.63, 3.8) is 0 Å². The predicted molar refractivity (Wildman–Crippen MR) is 120 cm³/mol. The van der Waals surface area contributed by atoms with E-state index in [1.807, 2.05) is 24.4 Å². The lowest BCUT2D eigenvalue weighted by Gasteiger charge is -2.20. The van der Waals surface area contributed by atoms with Gasteiger partial charge >= 0.3 is 6.09 Å². The first-order valence-corrected chi connectivity index (χ1v) is 10.5. The van der Waals surface area contributed by atoms with Crippen LogP contribution in [-0.2, 0) is 16.0 Å². The molecule has 8 nitrogen and oxygen atoms in total. The molecule has 0 aliphatic rings. The van der Waals surface area contributed by atoms with Gasteiger partial charge in [0, 0.05) is 11.1 Å². The van der Waals surface area contributed by atoms with E-state index >= 15 is 0 Å². The molecule has 2 amide bonds. The van der Waals surface area contributed by atoms with Gasteiger partial charge in [-0.25, -0.2) is 9.78 Å². The zero-order chi connectivity index (χ0) is 22.6. The molecule has 31 heavy (non-hydrogen) atoms. The van der Waals surface area contributed by atoms with E-state index in [1.165, 1.54) is 18.4 Å². The number of rotatable bonds is 6. The van der Waals surface area contributed by atoms with E-state index < -0.39 is 11.7 Å². The van der Waals surface area contributed by atoms with E-state index in [2.05, 4.69) is 15.6 Å². The monoisotopic (exact) mass is 443 g/mol. The van der Waals surface area contributed by atoms with Crippen molar-refractivity contribution in [2.75, 3.05) is 17.7 Å². The van der Waals surface area contributed by atoms with E-state index in [0.717, 1.165) is 10.8 Å². The molecular formula is C22H25N3O5S. The molecule has 0 bridgehead atoms. The van der Waals surface area contributed by atoms with E-state index in [1.54, 1.807) is 39.0 Å². The summed E-state index contributed by atoms with van der Waals surface area (Å²) in [6.07, 6.45) is -0.505. The number of hydrogen-bond donors (Lipinski definition) is 2. The Morgan fingerprint density at radius 2 is 1.94 bits per heavy atom. The minimum absolute atomic E-state index is 0.108. The van der Waals surface area contributed by atoms with Crippen molar-refractivity contribution in [2.24, 2.45) is 0 Å². The number of hydrogen-bond acceptors (Lipinski definition) is 7. The average molecular weight is 444 g/mol. The van der Waals surface area contributed by atoms with Gasteiger partial charge in [-0.05, 0) is 58.0 Å². The van der Waals surface area contributed by atoms with Crippen molar-refractivity contribution in [1.82, 2.24) is 4.98 Å². The first kappa shape index (κ1) is 22.4. The number of ether oxygens (including phenoxy) is 2. The Morgan fingerprint density at radius 1 is 1.16 bits per heavy atom. The van der Waals surface area contributed by atoms with Crippen molar-refractivity contribution in [3.8, 4) is 16.5 Å². The number of benzene rings is 1. The standard InChI is InChI=1S/C22H25N3O5S/c1-13-6-8-18(29-13)20-24-15(12-31-20)11-19(26)23-14-7-9-17(28-5)16(10-14)25-21(27)30-22(2,3)4/h6-10,12H,11H2,1-5H3,(H,23,26)(H,25,27). The number of carbonyl (C=O) groups is 2. The normalized spacial score (nSPS) is 11.1. The summed E-state index contributed by atoms with van der Waals surface area (Å²) in [5, 5.41) is 8.01. The Bertz CT molecular complexity index is 1080. The fourth-order valence-corrected chi connectivity index (χ4v) is 3.50. The van der Waals surface area contributed by atoms with Gasteiger partial charge in [0.05, 0.1) is 24.9 Å². The lowest BCUT2D eigenvalue weighted by molar-refractivity contribution is -0.115. The van der Waals surface area contributed by atoms with Crippen LogP contribution in [-0.4, -0.2) is 29.7 Å². The van der Waals surface area contributed by atoms with Crippen LogP contribution in [0.5, 0.6) is 5.75 Å². The smallest absolute Gasteiger partial charge is 0.412 e. The number of methoxy groups -OCH3 is 1. The van der Waals surface area contributed by atoms with Gasteiger partial charge in [0.1, 0.15) is 17.1 Å². The van der Waals surface area contributed by atoms with E-state index in [9.17, 15) is 9.59 Å². The average Bonchev–Trinajstić information content (AvgIpc) is 3.29. The van der Waals surface area contributed by atoms with Gasteiger partial charge in [-0.3, -0.25) is 10.1 Å². The highest BCUT2D eigenvalue weighted by Crippen LogP contribution is 2.29. The molecule has 3 aromatic rings. The minimum atomic E-state index is -0.635. The topological polar surface area (TPSA) is 103 Å². The SMILES string of the molecule is COc1ccc(NC(=O)Cc2csc(-c3ccc(C)o3)n2)cc1NC(=O)OC(C)(C)C. The van der Waals surface area contributed by atoms with Gasteiger partial charge < -0.3 is 19.2 Å². The minimum Gasteiger partial charge on any atom is -0.495 e. The number of aromatic nitrogens is 1. The summed E-state index contributed by atoms with van der Waals surface area (Å²) in [6.45, 7) is 7.19. The van der Waals surface area contributed by atoms with E-state index in [4.69, 9.17) is 13.9 Å². The molecule has 164 valence electrons. The molecular weight excluding hydrogens is 418 g/mol. The highest BCUT2D eigenvalue weighted by molar-refractivity contribution is 7.13. The summed E-state index contributed by atoms with van der Waals surface area (Å²) in [5.41, 5.74) is 0.906. The van der Waals surface area contributed by atoms with Crippen LogP contribution in [0.1, 0.15) is 32.2 Å². The summed E-state index contributed by atoms with van der Waals surface area (Å²) < 4.78 is 16.1. The number of anilines is 2. The molecule has 2 N–H and O–H groups in total. The van der Waals surface area contributed by atoms with Crippen molar-refractivity contribution in [2.45, 2.75) is 39.7 Å². The molecule has 0 saturated heterocycles. The summed E-state index contributed by atoms with van der Waals surface area (Å²) in [7, 11) is 1.49. The Morgan fingerprint density at radius 3 is 2.58 bits per heavy atom. The molecule has 0 atom stereocenters. The van der Waals surface area contributed by atoms with Crippen LogP contribution in [0.25, 0.3) is 10.8 Å². The third kappa shape index (κ3) is 6.32. The third-order valence-electron chi connectivity index (χ3n) is 3.96. The molecule has 0 aliphatic heterocycles. The van der Waals surface area contributed by atoms with Crippen molar-refractivity contribution in [3.05, 3.63) is 47.2 Å². The highest BCUT2D eigenvalue weighted by Gasteiger charge is 2.18. The van der Waals surface area contributed by atoms with Crippen LogP contribution >= 0.6 is 11.3 Å². The molecule has 1 aromatic carbocycles. The van der Waals surface area contributed by atoms with Gasteiger partial charge in [0.25, 0.3) is 0 Å². The zero-order valence-electron chi connectivity index (χ0n) is 18.1. The quantitative estimate of drug-likeness (QED) is 0.539. The Labute approximate surface area is 184 Å². The van der Waals surface area contributed by atoms with Crippen LogP contribution in [0.15, 0.2) is 40.1 Å². The summed E-state index contributed by atoms with van der Waals surface area (Å²) in [6, 6.07) is 8.68. The molecule has 0 aliphatic carbocycles. The van der Waals surface area contributed by atoms with Gasteiger partial charge in [-0.1, -0.05) is 0 Å². The number of nitrogens with zero attached hydrogens (tertiary/aromatic N) is 1. The second kappa shape index (κ2) is 9.22. The largest absolute Gasteiger partial charge is 0.495 e. The Balaban J connectivity index is 1.66. The Kier molecular flexibility index (Phi) is 6.65. The Hall–Kier alpha value is -3.33. The number of furan rings is 1. The van der Waals surface area contributed by atoms with Crippen LogP contribution in [0.4, 0.5) is 16.2 Å². The van der Waals surface area contributed by atoms with Gasteiger partial charge in [0.2, 0.25) is 5.91 Å². The molecule has 3 rings (SSSR count). The van der Waals surface area contributed by atoms with Crippen molar-refractivity contribution < 1.29 is 23.5 Å².